The second-order valence-electron chi connectivity index (χ2n) is 5.36. The lowest BCUT2D eigenvalue weighted by Gasteiger charge is -2.19. The van der Waals surface area contributed by atoms with Gasteiger partial charge in [0.25, 0.3) is 0 Å². The summed E-state index contributed by atoms with van der Waals surface area (Å²) in [4.78, 5) is 0. The Hall–Kier alpha value is -1.32. The summed E-state index contributed by atoms with van der Waals surface area (Å²) >= 11 is 6.15. The minimum absolute atomic E-state index is 0.0929. The summed E-state index contributed by atoms with van der Waals surface area (Å²) in [6.45, 7) is 7.18. The van der Waals surface area contributed by atoms with Crippen molar-refractivity contribution in [1.29, 1.82) is 0 Å². The third-order valence-electron chi connectivity index (χ3n) is 2.59. The largest absolute Gasteiger partial charge is 0.306 e. The fourth-order valence-electron chi connectivity index (χ4n) is 1.62. The van der Waals surface area contributed by atoms with Crippen LogP contribution < -0.4 is 5.32 Å². The molecule has 0 aliphatic carbocycles. The second-order valence-corrected chi connectivity index (χ2v) is 5.77. The number of nitrogens with one attached hydrogen (secondary N) is 2. The molecular formula is C14H18ClN3. The van der Waals surface area contributed by atoms with Crippen molar-refractivity contribution in [2.24, 2.45) is 0 Å². The molecular weight excluding hydrogens is 246 g/mol. The van der Waals surface area contributed by atoms with Gasteiger partial charge in [0.05, 0.1) is 10.7 Å². The summed E-state index contributed by atoms with van der Waals surface area (Å²) in [7, 11) is 0. The SMILES string of the molecule is CC(C)(C)NCc1cc(-c2ccccc2Cl)n[nH]1. The number of nitrogens with zero attached hydrogens (tertiary/aromatic N) is 1. The Kier molecular flexibility index (Phi) is 3.73. The highest BCUT2D eigenvalue weighted by molar-refractivity contribution is 6.33. The van der Waals surface area contributed by atoms with Crippen LogP contribution >= 0.6 is 11.6 Å². The van der Waals surface area contributed by atoms with Crippen LogP contribution in [0.1, 0.15) is 26.5 Å². The van der Waals surface area contributed by atoms with Crippen molar-refractivity contribution in [2.75, 3.05) is 0 Å². The van der Waals surface area contributed by atoms with E-state index in [-0.39, 0.29) is 5.54 Å². The maximum atomic E-state index is 6.15. The molecule has 2 aromatic rings. The third kappa shape index (κ3) is 3.34. The number of rotatable bonds is 3. The van der Waals surface area contributed by atoms with Crippen molar-refractivity contribution in [3.05, 3.63) is 41.0 Å². The minimum Gasteiger partial charge on any atom is -0.306 e. The molecule has 1 aromatic heterocycles. The molecule has 2 rings (SSSR count). The second kappa shape index (κ2) is 5.12. The van der Waals surface area contributed by atoms with Crippen molar-refractivity contribution in [3.63, 3.8) is 0 Å². The van der Waals surface area contributed by atoms with E-state index in [4.69, 9.17) is 11.6 Å². The molecule has 0 atom stereocenters. The number of aromatic amines is 1. The summed E-state index contributed by atoms with van der Waals surface area (Å²) in [5.74, 6) is 0. The zero-order valence-corrected chi connectivity index (χ0v) is 11.7. The molecule has 0 fully saturated rings. The summed E-state index contributed by atoms with van der Waals surface area (Å²) in [6, 6.07) is 9.75. The minimum atomic E-state index is 0.0929. The molecule has 0 unspecified atom stereocenters. The number of benzene rings is 1. The normalized spacial score (nSPS) is 11.8. The first-order valence-corrected chi connectivity index (χ1v) is 6.38. The van der Waals surface area contributed by atoms with Gasteiger partial charge in [-0.2, -0.15) is 5.10 Å². The lowest BCUT2D eigenvalue weighted by molar-refractivity contribution is 0.421. The van der Waals surface area contributed by atoms with Gasteiger partial charge in [-0.25, -0.2) is 0 Å². The highest BCUT2D eigenvalue weighted by Gasteiger charge is 2.11. The zero-order valence-electron chi connectivity index (χ0n) is 10.9. The molecule has 0 saturated carbocycles. The van der Waals surface area contributed by atoms with Gasteiger partial charge in [-0.15, -0.1) is 0 Å². The van der Waals surface area contributed by atoms with Crippen LogP contribution in [-0.4, -0.2) is 15.7 Å². The topological polar surface area (TPSA) is 40.7 Å². The molecule has 4 heteroatoms. The lowest BCUT2D eigenvalue weighted by Crippen LogP contribution is -2.35. The van der Waals surface area contributed by atoms with Crippen molar-refractivity contribution in [3.8, 4) is 11.3 Å². The molecule has 0 aliphatic rings. The monoisotopic (exact) mass is 263 g/mol. The van der Waals surface area contributed by atoms with Crippen molar-refractivity contribution in [2.45, 2.75) is 32.9 Å². The average molecular weight is 264 g/mol. The van der Waals surface area contributed by atoms with Gasteiger partial charge >= 0.3 is 0 Å². The molecule has 1 aromatic carbocycles. The van der Waals surface area contributed by atoms with E-state index in [0.29, 0.717) is 0 Å². The predicted octanol–water partition coefficient (Wildman–Crippen LogP) is 3.62. The van der Waals surface area contributed by atoms with Crippen LogP contribution in [0.3, 0.4) is 0 Å². The molecule has 2 N–H and O–H groups in total. The van der Waals surface area contributed by atoms with Gasteiger partial charge in [-0.05, 0) is 32.9 Å². The van der Waals surface area contributed by atoms with E-state index in [1.807, 2.05) is 30.3 Å². The van der Waals surface area contributed by atoms with Crippen molar-refractivity contribution in [1.82, 2.24) is 15.5 Å². The summed E-state index contributed by atoms with van der Waals surface area (Å²) < 4.78 is 0. The molecule has 0 saturated heterocycles. The van der Waals surface area contributed by atoms with E-state index in [2.05, 4.69) is 36.3 Å². The molecule has 0 bridgehead atoms. The average Bonchev–Trinajstić information content (AvgIpc) is 2.75. The van der Waals surface area contributed by atoms with Crippen LogP contribution in [0.2, 0.25) is 5.02 Å². The zero-order chi connectivity index (χ0) is 13.2. The van der Waals surface area contributed by atoms with Gasteiger partial charge < -0.3 is 5.32 Å². The lowest BCUT2D eigenvalue weighted by atomic mass is 10.1. The van der Waals surface area contributed by atoms with E-state index in [1.54, 1.807) is 0 Å². The quantitative estimate of drug-likeness (QED) is 0.888. The third-order valence-corrected chi connectivity index (χ3v) is 2.92. The number of aromatic nitrogens is 2. The molecule has 0 aliphatic heterocycles. The van der Waals surface area contributed by atoms with Gasteiger partial charge in [0.1, 0.15) is 0 Å². The van der Waals surface area contributed by atoms with E-state index < -0.39 is 0 Å². The highest BCUT2D eigenvalue weighted by atomic mass is 35.5. The first-order valence-electron chi connectivity index (χ1n) is 6.00. The molecule has 0 amide bonds. The summed E-state index contributed by atoms with van der Waals surface area (Å²) in [5, 5.41) is 11.5. The number of halogens is 1. The molecule has 18 heavy (non-hydrogen) atoms. The Labute approximate surface area is 113 Å². The van der Waals surface area contributed by atoms with E-state index in [9.17, 15) is 0 Å². The number of H-pyrrole nitrogens is 1. The molecule has 0 spiro atoms. The van der Waals surface area contributed by atoms with Crippen molar-refractivity contribution < 1.29 is 0 Å². The molecule has 0 radical (unpaired) electrons. The van der Waals surface area contributed by atoms with Gasteiger partial charge in [0.2, 0.25) is 0 Å². The molecule has 96 valence electrons. The molecule has 1 heterocycles. The van der Waals surface area contributed by atoms with E-state index in [0.717, 1.165) is 28.5 Å². The predicted molar refractivity (Wildman–Crippen MR) is 75.6 cm³/mol. The van der Waals surface area contributed by atoms with Gasteiger partial charge in [-0.3, -0.25) is 5.10 Å². The van der Waals surface area contributed by atoms with Crippen LogP contribution in [-0.2, 0) is 6.54 Å². The number of hydrogen-bond donors (Lipinski definition) is 2. The Bertz CT molecular complexity index is 526. The Morgan fingerprint density at radius 2 is 2.00 bits per heavy atom. The van der Waals surface area contributed by atoms with Gasteiger partial charge in [-0.1, -0.05) is 29.8 Å². The first kappa shape index (κ1) is 13.1. The van der Waals surface area contributed by atoms with Crippen LogP contribution in [0.25, 0.3) is 11.3 Å². The fourth-order valence-corrected chi connectivity index (χ4v) is 1.85. The molecule has 3 nitrogen and oxygen atoms in total. The smallest absolute Gasteiger partial charge is 0.0939 e. The highest BCUT2D eigenvalue weighted by Crippen LogP contribution is 2.26. The van der Waals surface area contributed by atoms with Gasteiger partial charge in [0.15, 0.2) is 0 Å². The van der Waals surface area contributed by atoms with Crippen molar-refractivity contribution >= 4 is 11.6 Å². The van der Waals surface area contributed by atoms with Gasteiger partial charge in [0, 0.05) is 23.3 Å². The Morgan fingerprint density at radius 1 is 1.28 bits per heavy atom. The standard InChI is InChI=1S/C14H18ClN3/c1-14(2,3)16-9-10-8-13(18-17-10)11-6-4-5-7-12(11)15/h4-8,16H,9H2,1-3H3,(H,17,18). The summed E-state index contributed by atoms with van der Waals surface area (Å²) in [6.07, 6.45) is 0. The maximum absolute atomic E-state index is 6.15. The van der Waals surface area contributed by atoms with E-state index in [1.165, 1.54) is 0 Å². The van der Waals surface area contributed by atoms with Crippen LogP contribution in [0, 0.1) is 0 Å². The van der Waals surface area contributed by atoms with E-state index >= 15 is 0 Å². The Balaban J connectivity index is 2.14. The maximum Gasteiger partial charge on any atom is 0.0939 e. The fraction of sp³-hybridized carbons (Fsp3) is 0.357. The van der Waals surface area contributed by atoms with Crippen LogP contribution in [0.5, 0.6) is 0 Å². The van der Waals surface area contributed by atoms with Crippen LogP contribution in [0.15, 0.2) is 30.3 Å². The summed E-state index contributed by atoms with van der Waals surface area (Å²) in [5.41, 5.74) is 2.99. The Morgan fingerprint density at radius 3 is 2.67 bits per heavy atom. The van der Waals surface area contributed by atoms with Crippen LogP contribution in [0.4, 0.5) is 0 Å². The first-order chi connectivity index (χ1) is 8.46. The number of hydrogen-bond acceptors (Lipinski definition) is 2.